The van der Waals surface area contributed by atoms with Crippen LogP contribution in [0.4, 0.5) is 11.4 Å². The van der Waals surface area contributed by atoms with E-state index >= 15 is 0 Å². The Hall–Kier alpha value is -2.48. The fraction of sp³-hybridized carbons (Fsp3) is 0.167. The number of carbonyl (C=O) groups is 1. The number of aliphatic hydroxyl groups excluding tert-OH is 1. The maximum absolute atomic E-state index is 11.1. The number of ketones is 1. The smallest absolute Gasteiger partial charge is 0.214 e. The van der Waals surface area contributed by atoms with Crippen LogP contribution in [0.3, 0.4) is 0 Å². The normalized spacial score (nSPS) is 12.1. The van der Waals surface area contributed by atoms with Crippen LogP contribution in [0.25, 0.3) is 4.85 Å². The van der Waals surface area contributed by atoms with Crippen LogP contribution < -0.4 is 0 Å². The highest BCUT2D eigenvalue weighted by molar-refractivity contribution is 5.93. The zero-order valence-corrected chi connectivity index (χ0v) is 9.51. The predicted octanol–water partition coefficient (Wildman–Crippen LogP) is 3.70. The van der Waals surface area contributed by atoms with Crippen LogP contribution >= 0.6 is 0 Å². The van der Waals surface area contributed by atoms with E-state index in [1.165, 1.54) is 13.8 Å². The summed E-state index contributed by atoms with van der Waals surface area (Å²) in [6, 6.07) is 6.64. The molecule has 0 atom stereocenters. The molecule has 0 bridgehead atoms. The first-order valence-corrected chi connectivity index (χ1v) is 4.85. The molecular weight excluding hydrogens is 218 g/mol. The van der Waals surface area contributed by atoms with Crippen molar-refractivity contribution in [2.45, 2.75) is 13.8 Å². The third-order valence-corrected chi connectivity index (χ3v) is 1.94. The third-order valence-electron chi connectivity index (χ3n) is 1.94. The lowest BCUT2D eigenvalue weighted by atomic mass is 10.3. The second-order valence-corrected chi connectivity index (χ2v) is 3.29. The van der Waals surface area contributed by atoms with E-state index < -0.39 is 0 Å². The number of nitrogens with zero attached hydrogens (tertiary/aromatic N) is 3. The molecule has 1 rings (SSSR count). The van der Waals surface area contributed by atoms with E-state index in [2.05, 4.69) is 15.1 Å². The van der Waals surface area contributed by atoms with Gasteiger partial charge in [-0.3, -0.25) is 4.79 Å². The number of Topliss-reactive ketones (excluding diaryl/α,β-unsaturated/α-hetero) is 1. The SMILES string of the molecule is [C-]#[N+]c1ccccc1N=NC(C(C)=O)=C(C)O. The van der Waals surface area contributed by atoms with Gasteiger partial charge in [-0.2, -0.15) is 5.11 Å². The first-order valence-electron chi connectivity index (χ1n) is 4.85. The number of hydrogen-bond donors (Lipinski definition) is 1. The van der Waals surface area contributed by atoms with E-state index in [4.69, 9.17) is 6.57 Å². The predicted molar refractivity (Wildman–Crippen MR) is 63.2 cm³/mol. The Labute approximate surface area is 98.9 Å². The highest BCUT2D eigenvalue weighted by atomic mass is 16.3. The van der Waals surface area contributed by atoms with Crippen LogP contribution in [0, 0.1) is 6.57 Å². The molecule has 17 heavy (non-hydrogen) atoms. The summed E-state index contributed by atoms with van der Waals surface area (Å²) in [5.74, 6) is -0.574. The van der Waals surface area contributed by atoms with Crippen LogP contribution in [0.2, 0.25) is 0 Å². The zero-order chi connectivity index (χ0) is 12.8. The van der Waals surface area contributed by atoms with Crippen molar-refractivity contribution in [1.82, 2.24) is 0 Å². The minimum atomic E-state index is -0.381. The Bertz CT molecular complexity index is 535. The molecule has 1 aromatic rings. The molecule has 0 spiro atoms. The summed E-state index contributed by atoms with van der Waals surface area (Å²) in [7, 11) is 0. The van der Waals surface area contributed by atoms with Gasteiger partial charge in [0.1, 0.15) is 5.76 Å². The van der Waals surface area contributed by atoms with Gasteiger partial charge in [0.15, 0.2) is 11.5 Å². The van der Waals surface area contributed by atoms with E-state index in [0.29, 0.717) is 11.4 Å². The van der Waals surface area contributed by atoms with Gasteiger partial charge in [-0.05, 0) is 13.0 Å². The van der Waals surface area contributed by atoms with Crippen molar-refractivity contribution in [3.8, 4) is 0 Å². The first-order chi connectivity index (χ1) is 8.06. The average molecular weight is 229 g/mol. The fourth-order valence-corrected chi connectivity index (χ4v) is 1.14. The number of benzene rings is 1. The van der Waals surface area contributed by atoms with E-state index in [-0.39, 0.29) is 17.2 Å². The number of para-hydroxylation sites is 1. The second-order valence-electron chi connectivity index (χ2n) is 3.29. The van der Waals surface area contributed by atoms with Crippen molar-refractivity contribution < 1.29 is 9.90 Å². The zero-order valence-electron chi connectivity index (χ0n) is 9.51. The lowest BCUT2D eigenvalue weighted by Gasteiger charge is -1.98. The topological polar surface area (TPSA) is 66.4 Å². The van der Waals surface area contributed by atoms with E-state index in [1.807, 2.05) is 0 Å². The van der Waals surface area contributed by atoms with Crippen LogP contribution in [0.15, 0.2) is 46.0 Å². The minimum Gasteiger partial charge on any atom is -0.510 e. The van der Waals surface area contributed by atoms with E-state index in [9.17, 15) is 9.90 Å². The molecule has 0 radical (unpaired) electrons. The summed E-state index contributed by atoms with van der Waals surface area (Å²) < 4.78 is 0. The van der Waals surface area contributed by atoms with E-state index in [1.54, 1.807) is 24.3 Å². The summed E-state index contributed by atoms with van der Waals surface area (Å²) in [5, 5.41) is 16.7. The lowest BCUT2D eigenvalue weighted by molar-refractivity contribution is -0.113. The maximum atomic E-state index is 11.1. The molecule has 0 amide bonds. The van der Waals surface area contributed by atoms with Gasteiger partial charge >= 0.3 is 0 Å². The molecule has 0 heterocycles. The standard InChI is InChI=1S/C12H11N3O2/c1-8(16)12(9(2)17)15-14-11-7-5-4-6-10(11)13-3/h4-7,16H,1-2H3. The Morgan fingerprint density at radius 3 is 2.53 bits per heavy atom. The molecule has 0 aliphatic rings. The highest BCUT2D eigenvalue weighted by Gasteiger charge is 2.07. The van der Waals surface area contributed by atoms with Crippen molar-refractivity contribution in [3.05, 3.63) is 47.1 Å². The Balaban J connectivity index is 3.11. The molecule has 1 aromatic carbocycles. The van der Waals surface area contributed by atoms with Gasteiger partial charge in [0.25, 0.3) is 0 Å². The number of azo groups is 1. The Morgan fingerprint density at radius 1 is 1.35 bits per heavy atom. The molecule has 0 aliphatic carbocycles. The van der Waals surface area contributed by atoms with Gasteiger partial charge < -0.3 is 5.11 Å². The Morgan fingerprint density at radius 2 is 2.00 bits per heavy atom. The summed E-state index contributed by atoms with van der Waals surface area (Å²) in [5.41, 5.74) is 0.599. The number of hydrogen-bond acceptors (Lipinski definition) is 4. The molecular formula is C12H11N3O2. The van der Waals surface area contributed by atoms with Crippen LogP contribution in [-0.4, -0.2) is 10.9 Å². The highest BCUT2D eigenvalue weighted by Crippen LogP contribution is 2.28. The quantitative estimate of drug-likeness (QED) is 0.371. The first kappa shape index (κ1) is 12.6. The van der Waals surface area contributed by atoms with Gasteiger partial charge in [-0.1, -0.05) is 18.2 Å². The largest absolute Gasteiger partial charge is 0.510 e. The summed E-state index contributed by atoms with van der Waals surface area (Å²) in [4.78, 5) is 14.4. The van der Waals surface area contributed by atoms with Crippen LogP contribution in [-0.2, 0) is 4.79 Å². The monoisotopic (exact) mass is 229 g/mol. The molecule has 0 unspecified atom stereocenters. The van der Waals surface area contributed by atoms with Gasteiger partial charge in [0.2, 0.25) is 5.69 Å². The molecule has 86 valence electrons. The lowest BCUT2D eigenvalue weighted by Crippen LogP contribution is -1.96. The number of carbonyl (C=O) groups excluding carboxylic acids is 1. The van der Waals surface area contributed by atoms with Crippen LogP contribution in [0.5, 0.6) is 0 Å². The van der Waals surface area contributed by atoms with Crippen molar-refractivity contribution in [2.24, 2.45) is 10.2 Å². The molecule has 0 fully saturated rings. The molecule has 5 heteroatoms. The number of rotatable bonds is 3. The molecule has 0 saturated carbocycles. The van der Waals surface area contributed by atoms with Gasteiger partial charge in [0, 0.05) is 6.92 Å². The van der Waals surface area contributed by atoms with E-state index in [0.717, 1.165) is 0 Å². The van der Waals surface area contributed by atoms with Gasteiger partial charge in [-0.25, -0.2) is 4.85 Å². The second kappa shape index (κ2) is 5.56. The summed E-state index contributed by atoms with van der Waals surface area (Å²) in [6.07, 6.45) is 0. The average Bonchev–Trinajstić information content (AvgIpc) is 2.29. The molecule has 0 aromatic heterocycles. The van der Waals surface area contributed by atoms with Crippen molar-refractivity contribution in [2.75, 3.05) is 0 Å². The number of allylic oxidation sites excluding steroid dienone is 2. The minimum absolute atomic E-state index is 0.107. The van der Waals surface area contributed by atoms with Crippen molar-refractivity contribution in [3.63, 3.8) is 0 Å². The molecule has 1 N–H and O–H groups in total. The molecule has 0 saturated heterocycles. The van der Waals surface area contributed by atoms with Gasteiger partial charge in [0.05, 0.1) is 12.3 Å². The maximum Gasteiger partial charge on any atom is 0.214 e. The molecule has 0 aliphatic heterocycles. The van der Waals surface area contributed by atoms with Gasteiger partial charge in [-0.15, -0.1) is 5.11 Å². The number of aliphatic hydroxyl groups is 1. The van der Waals surface area contributed by atoms with Crippen molar-refractivity contribution in [1.29, 1.82) is 0 Å². The fourth-order valence-electron chi connectivity index (χ4n) is 1.14. The summed E-state index contributed by atoms with van der Waals surface area (Å²) in [6.45, 7) is 9.58. The van der Waals surface area contributed by atoms with Crippen LogP contribution in [0.1, 0.15) is 13.8 Å². The van der Waals surface area contributed by atoms with Crippen molar-refractivity contribution >= 4 is 17.2 Å². The summed E-state index contributed by atoms with van der Waals surface area (Å²) >= 11 is 0. The third kappa shape index (κ3) is 3.24. The Kier molecular flexibility index (Phi) is 4.12. The molecule has 5 nitrogen and oxygen atoms in total.